The van der Waals surface area contributed by atoms with E-state index in [4.69, 9.17) is 19.9 Å². The third-order valence-corrected chi connectivity index (χ3v) is 10.8. The van der Waals surface area contributed by atoms with Crippen molar-refractivity contribution in [3.05, 3.63) is 23.8 Å². The van der Waals surface area contributed by atoms with E-state index in [0.717, 1.165) is 12.0 Å². The standard InChI is InChI=1S/C31H42F2N2O8.C4H10.2C2H6/c1-6-7-25-42-23-12-17-18-11-20(32)19-10-16(36)8-9-28(19,4)30(18,33)21(37)13-29(17,5)31(23,43-25)22(38)15-41-26(40)27(2,3)35-24(39)14-34;1-4(2)3;2*1-2/h8-10,17-18,20-21,23,25,37H,6-7,11-15,34H2,1-5H3,(H,35,39);4H,1-3H3;2*1-2H3/t17?,18?,20-,21?,23?,25?,28?,29?,30-,31?;;;/m0.../s1. The van der Waals surface area contributed by atoms with Gasteiger partial charge in [-0.05, 0) is 76.0 Å². The lowest BCUT2D eigenvalue weighted by atomic mass is 9.44. The monoisotopic (exact) mass is 726 g/mol. The van der Waals surface area contributed by atoms with Crippen LogP contribution in [0.2, 0.25) is 0 Å². The number of Topliss-reactive ketones (excluding diaryl/α,β-unsaturated/α-hetero) is 1. The van der Waals surface area contributed by atoms with Crippen molar-refractivity contribution in [3.8, 4) is 0 Å². The number of alkyl halides is 2. The summed E-state index contributed by atoms with van der Waals surface area (Å²) in [6, 6.07) is 0. The van der Waals surface area contributed by atoms with E-state index in [-0.39, 0.29) is 31.4 Å². The lowest BCUT2D eigenvalue weighted by molar-refractivity contribution is -0.235. The van der Waals surface area contributed by atoms with Gasteiger partial charge in [-0.15, -0.1) is 0 Å². The largest absolute Gasteiger partial charge is 0.456 e. The number of aliphatic hydroxyl groups is 1. The zero-order chi connectivity index (χ0) is 39.3. The minimum Gasteiger partial charge on any atom is -0.456 e. The van der Waals surface area contributed by atoms with Crippen LogP contribution in [0.1, 0.15) is 115 Å². The first kappa shape index (κ1) is 44.6. The summed E-state index contributed by atoms with van der Waals surface area (Å²) in [4.78, 5) is 51.0. The summed E-state index contributed by atoms with van der Waals surface area (Å²) in [6.45, 7) is 21.5. The van der Waals surface area contributed by atoms with E-state index in [9.17, 15) is 24.3 Å². The van der Waals surface area contributed by atoms with Gasteiger partial charge in [-0.25, -0.2) is 13.6 Å². The van der Waals surface area contributed by atoms with Gasteiger partial charge in [0.15, 0.2) is 29.9 Å². The number of amides is 1. The van der Waals surface area contributed by atoms with E-state index in [1.807, 2.05) is 34.6 Å². The van der Waals surface area contributed by atoms with Crippen molar-refractivity contribution in [1.29, 1.82) is 0 Å². The van der Waals surface area contributed by atoms with Gasteiger partial charge in [0.2, 0.25) is 11.7 Å². The molecule has 8 unspecified atom stereocenters. The average Bonchev–Trinajstić information content (AvgIpc) is 3.55. The molecule has 1 saturated heterocycles. The molecule has 4 aliphatic carbocycles. The number of hydrogen-bond acceptors (Lipinski definition) is 9. The van der Waals surface area contributed by atoms with E-state index in [1.54, 1.807) is 6.92 Å². The second-order valence-electron chi connectivity index (χ2n) is 15.4. The van der Waals surface area contributed by atoms with Crippen molar-refractivity contribution in [2.45, 2.75) is 157 Å². The molecule has 10 atom stereocenters. The Bertz CT molecular complexity index is 1330. The van der Waals surface area contributed by atoms with Crippen LogP contribution < -0.4 is 11.1 Å². The predicted molar refractivity (Wildman–Crippen MR) is 192 cm³/mol. The molecule has 1 amide bonds. The molecular weight excluding hydrogens is 662 g/mol. The highest BCUT2D eigenvalue weighted by Gasteiger charge is 2.80. The lowest BCUT2D eigenvalue weighted by Gasteiger charge is -2.63. The molecule has 1 aliphatic heterocycles. The highest BCUT2D eigenvalue weighted by atomic mass is 19.1. The average molecular weight is 727 g/mol. The van der Waals surface area contributed by atoms with Crippen LogP contribution in [0, 0.1) is 28.6 Å². The van der Waals surface area contributed by atoms with Crippen LogP contribution in [0.4, 0.5) is 8.78 Å². The van der Waals surface area contributed by atoms with Crippen molar-refractivity contribution in [3.63, 3.8) is 0 Å². The van der Waals surface area contributed by atoms with Crippen LogP contribution >= 0.6 is 0 Å². The highest BCUT2D eigenvalue weighted by molar-refractivity contribution is 6.01. The Morgan fingerprint density at radius 1 is 1.12 bits per heavy atom. The molecule has 0 spiro atoms. The molecule has 4 N–H and O–H groups in total. The molecule has 0 aromatic carbocycles. The van der Waals surface area contributed by atoms with Crippen molar-refractivity contribution in [2.24, 2.45) is 34.3 Å². The van der Waals surface area contributed by atoms with Crippen LogP contribution in [-0.4, -0.2) is 83.2 Å². The van der Waals surface area contributed by atoms with Gasteiger partial charge in [0.25, 0.3) is 0 Å². The first-order valence-electron chi connectivity index (χ1n) is 18.8. The number of aliphatic hydroxyl groups excluding tert-OH is 1. The summed E-state index contributed by atoms with van der Waals surface area (Å²) < 4.78 is 51.4. The van der Waals surface area contributed by atoms with Crippen molar-refractivity contribution in [1.82, 2.24) is 5.32 Å². The molecule has 0 radical (unpaired) electrons. The summed E-state index contributed by atoms with van der Waals surface area (Å²) >= 11 is 0. The van der Waals surface area contributed by atoms with Crippen molar-refractivity contribution in [2.75, 3.05) is 13.2 Å². The van der Waals surface area contributed by atoms with Gasteiger partial charge < -0.3 is 30.4 Å². The van der Waals surface area contributed by atoms with Crippen LogP contribution in [0.5, 0.6) is 0 Å². The summed E-state index contributed by atoms with van der Waals surface area (Å²) in [5.41, 5.74) is -2.93. The van der Waals surface area contributed by atoms with E-state index < -0.39 is 94.2 Å². The first-order chi connectivity index (χ1) is 23.7. The Balaban J connectivity index is 0.00000104. The fourth-order valence-corrected chi connectivity index (χ4v) is 8.76. The zero-order valence-corrected chi connectivity index (χ0v) is 32.9. The number of nitrogens with two attached hydrogens (primary N) is 1. The number of ketones is 2. The molecule has 292 valence electrons. The summed E-state index contributed by atoms with van der Waals surface area (Å²) in [7, 11) is 0. The Morgan fingerprint density at radius 3 is 2.25 bits per heavy atom. The Morgan fingerprint density at radius 2 is 1.71 bits per heavy atom. The Hall–Kier alpha value is -2.54. The second-order valence-corrected chi connectivity index (χ2v) is 15.4. The molecule has 5 rings (SSSR count). The second kappa shape index (κ2) is 17.1. The summed E-state index contributed by atoms with van der Waals surface area (Å²) in [5.74, 6) is -3.34. The van der Waals surface area contributed by atoms with Gasteiger partial charge >= 0.3 is 5.97 Å². The summed E-state index contributed by atoms with van der Waals surface area (Å²) in [5, 5.41) is 14.1. The van der Waals surface area contributed by atoms with Gasteiger partial charge in [0.05, 0.1) is 18.8 Å². The maximum Gasteiger partial charge on any atom is 0.331 e. The third kappa shape index (κ3) is 7.76. The number of carbonyl (C=O) groups is 4. The smallest absolute Gasteiger partial charge is 0.331 e. The number of halogens is 2. The minimum absolute atomic E-state index is 0.0112. The van der Waals surface area contributed by atoms with Crippen molar-refractivity contribution < 1.29 is 47.3 Å². The molecule has 3 saturated carbocycles. The van der Waals surface area contributed by atoms with Gasteiger partial charge in [0.1, 0.15) is 11.7 Å². The number of hydrogen-bond donors (Lipinski definition) is 3. The fraction of sp³-hybridized carbons (Fsp3) is 0.795. The SMILES string of the molecule is CC.CC.CC(C)C.CCCC1OC2CC3C4C[C@H](F)C5=CC(=O)C=CC5(C)[C@@]4(F)C(O)CC3(C)C2(C(=O)COC(=O)C(C)(C)NC(=O)CN)O1. The number of esters is 1. The quantitative estimate of drug-likeness (QED) is 0.261. The van der Waals surface area contributed by atoms with Crippen molar-refractivity contribution >= 4 is 23.4 Å². The van der Waals surface area contributed by atoms with E-state index in [2.05, 4.69) is 26.1 Å². The van der Waals surface area contributed by atoms with Gasteiger partial charge in [-0.3, -0.25) is 14.4 Å². The molecule has 10 nitrogen and oxygen atoms in total. The van der Waals surface area contributed by atoms with Gasteiger partial charge in [0, 0.05) is 16.7 Å². The van der Waals surface area contributed by atoms with Crippen LogP contribution in [-0.2, 0) is 33.4 Å². The topological polar surface area (TPSA) is 154 Å². The Labute approximate surface area is 303 Å². The molecule has 4 fully saturated rings. The number of carbonyl (C=O) groups excluding carboxylic acids is 4. The molecular formula is C39H64F2N2O8. The molecule has 0 aromatic rings. The predicted octanol–water partition coefficient (Wildman–Crippen LogP) is 5.88. The first-order valence-corrected chi connectivity index (χ1v) is 18.8. The lowest BCUT2D eigenvalue weighted by Crippen LogP contribution is -2.71. The maximum atomic E-state index is 17.6. The molecule has 1 heterocycles. The number of rotatable bonds is 8. The Kier molecular flexibility index (Phi) is 14.9. The zero-order valence-electron chi connectivity index (χ0n) is 32.9. The van der Waals surface area contributed by atoms with E-state index in [1.165, 1.54) is 32.9 Å². The van der Waals surface area contributed by atoms with E-state index in [0.29, 0.717) is 12.8 Å². The van der Waals surface area contributed by atoms with Gasteiger partial charge in [-0.2, -0.15) is 0 Å². The third-order valence-electron chi connectivity index (χ3n) is 10.8. The van der Waals surface area contributed by atoms with E-state index >= 15 is 8.78 Å². The fourth-order valence-electron chi connectivity index (χ4n) is 8.76. The van der Waals surface area contributed by atoms with Crippen LogP contribution in [0.25, 0.3) is 0 Å². The number of allylic oxidation sites excluding steroid dienone is 4. The molecule has 51 heavy (non-hydrogen) atoms. The maximum absolute atomic E-state index is 17.6. The van der Waals surface area contributed by atoms with Crippen LogP contribution in [0.15, 0.2) is 23.8 Å². The highest BCUT2D eigenvalue weighted by Crippen LogP contribution is 2.72. The number of nitrogens with one attached hydrogen (secondary N) is 1. The molecule has 0 aromatic heterocycles. The normalized spacial score (nSPS) is 37.4. The molecule has 0 bridgehead atoms. The molecule has 12 heteroatoms. The summed E-state index contributed by atoms with van der Waals surface area (Å²) in [6.07, 6.45) is -0.321. The van der Waals surface area contributed by atoms with Gasteiger partial charge in [-0.1, -0.05) is 74.8 Å². The minimum atomic E-state index is -2.33. The molecule has 5 aliphatic rings. The number of fused-ring (bicyclic) bond motifs is 7. The number of ether oxygens (including phenoxy) is 3. The van der Waals surface area contributed by atoms with Crippen LogP contribution in [0.3, 0.4) is 0 Å².